The number of amides is 1. The van der Waals surface area contributed by atoms with Crippen molar-refractivity contribution in [2.24, 2.45) is 0 Å². The lowest BCUT2D eigenvalue weighted by molar-refractivity contribution is -0.139. The van der Waals surface area contributed by atoms with Gasteiger partial charge in [0, 0.05) is 13.2 Å². The fourth-order valence-electron chi connectivity index (χ4n) is 2.17. The van der Waals surface area contributed by atoms with Crippen molar-refractivity contribution in [3.05, 3.63) is 17.5 Å². The Morgan fingerprint density at radius 2 is 2.32 bits per heavy atom. The minimum absolute atomic E-state index is 0.0679. The van der Waals surface area contributed by atoms with Crippen LogP contribution >= 0.6 is 0 Å². The van der Waals surface area contributed by atoms with Crippen LogP contribution in [0.4, 0.5) is 0 Å². The molecule has 0 aromatic carbocycles. The Morgan fingerprint density at radius 3 is 2.84 bits per heavy atom. The van der Waals surface area contributed by atoms with Crippen LogP contribution < -0.4 is 5.32 Å². The van der Waals surface area contributed by atoms with Gasteiger partial charge in [-0.15, -0.1) is 0 Å². The van der Waals surface area contributed by atoms with Crippen molar-refractivity contribution in [3.63, 3.8) is 0 Å². The molecule has 1 heterocycles. The Bertz CT molecular complexity index is 478. The second kappa shape index (κ2) is 5.40. The Morgan fingerprint density at radius 1 is 1.58 bits per heavy atom. The van der Waals surface area contributed by atoms with Gasteiger partial charge in [-0.2, -0.15) is 0 Å². The predicted molar refractivity (Wildman–Crippen MR) is 63.5 cm³/mol. The molecular weight excluding hydrogens is 252 g/mol. The highest BCUT2D eigenvalue weighted by Gasteiger charge is 2.40. The Labute approximate surface area is 109 Å². The molecular formula is C12H16N2O5. The van der Waals surface area contributed by atoms with Gasteiger partial charge in [-0.05, 0) is 19.3 Å². The molecule has 1 amide bonds. The molecule has 2 N–H and O–H groups in total. The summed E-state index contributed by atoms with van der Waals surface area (Å²) >= 11 is 0. The molecule has 1 fully saturated rings. The smallest absolute Gasteiger partial charge is 0.305 e. The van der Waals surface area contributed by atoms with Crippen LogP contribution in [0, 0.1) is 0 Å². The average Bonchev–Trinajstić information content (AvgIpc) is 2.74. The number of carbonyl (C=O) groups excluding carboxylic acids is 1. The molecule has 104 valence electrons. The number of rotatable bonds is 6. The number of carboxylic acids is 1. The van der Waals surface area contributed by atoms with Crippen molar-refractivity contribution in [1.29, 1.82) is 0 Å². The van der Waals surface area contributed by atoms with E-state index in [1.165, 1.54) is 13.2 Å². The highest BCUT2D eigenvalue weighted by molar-refractivity contribution is 5.93. The fourth-order valence-corrected chi connectivity index (χ4v) is 2.17. The number of carbonyl (C=O) groups is 2. The van der Waals surface area contributed by atoms with Gasteiger partial charge in [-0.25, -0.2) is 0 Å². The van der Waals surface area contributed by atoms with E-state index in [2.05, 4.69) is 10.5 Å². The number of ether oxygens (including phenoxy) is 1. The Hall–Kier alpha value is -1.89. The number of hydrogen-bond acceptors (Lipinski definition) is 5. The van der Waals surface area contributed by atoms with E-state index in [0.717, 1.165) is 6.42 Å². The van der Waals surface area contributed by atoms with Gasteiger partial charge in [-0.3, -0.25) is 9.59 Å². The summed E-state index contributed by atoms with van der Waals surface area (Å²) < 4.78 is 9.78. The second-order valence-corrected chi connectivity index (χ2v) is 4.77. The predicted octanol–water partition coefficient (Wildman–Crippen LogP) is 0.948. The van der Waals surface area contributed by atoms with Crippen molar-refractivity contribution in [1.82, 2.24) is 10.5 Å². The van der Waals surface area contributed by atoms with Gasteiger partial charge in [0.2, 0.25) is 0 Å². The van der Waals surface area contributed by atoms with Crippen LogP contribution in [0.3, 0.4) is 0 Å². The number of nitrogens with zero attached hydrogens (tertiary/aromatic N) is 1. The number of hydrogen-bond donors (Lipinski definition) is 2. The van der Waals surface area contributed by atoms with E-state index < -0.39 is 17.4 Å². The summed E-state index contributed by atoms with van der Waals surface area (Å²) in [7, 11) is 1.51. The van der Waals surface area contributed by atoms with E-state index in [1.807, 2.05) is 0 Å². The van der Waals surface area contributed by atoms with Crippen LogP contribution in [-0.4, -0.2) is 34.8 Å². The standard InChI is InChI=1S/C12H16N2O5/c1-18-7-8-5-9(14-19-8)11(17)13-12(3-2-4-12)6-10(15)16/h5H,2-4,6-7H2,1H3,(H,13,17)(H,15,16). The largest absolute Gasteiger partial charge is 0.481 e. The lowest BCUT2D eigenvalue weighted by atomic mass is 9.74. The van der Waals surface area contributed by atoms with Gasteiger partial charge < -0.3 is 19.7 Å². The van der Waals surface area contributed by atoms with Crippen molar-refractivity contribution in [2.45, 2.75) is 37.8 Å². The molecule has 1 aromatic heterocycles. The van der Waals surface area contributed by atoms with E-state index in [4.69, 9.17) is 14.4 Å². The molecule has 0 bridgehead atoms. The number of carboxylic acid groups (broad SMARTS) is 1. The molecule has 2 rings (SSSR count). The molecule has 0 spiro atoms. The minimum atomic E-state index is -0.916. The zero-order valence-electron chi connectivity index (χ0n) is 10.6. The first kappa shape index (κ1) is 13.5. The quantitative estimate of drug-likeness (QED) is 0.796. The van der Waals surface area contributed by atoms with Crippen LogP contribution in [0.15, 0.2) is 10.6 Å². The Kier molecular flexibility index (Phi) is 3.84. The van der Waals surface area contributed by atoms with Crippen molar-refractivity contribution < 1.29 is 24.0 Å². The molecule has 1 aliphatic rings. The summed E-state index contributed by atoms with van der Waals surface area (Å²) in [6.45, 7) is 0.237. The minimum Gasteiger partial charge on any atom is -0.481 e. The van der Waals surface area contributed by atoms with Crippen LogP contribution in [-0.2, 0) is 16.1 Å². The molecule has 1 aliphatic carbocycles. The van der Waals surface area contributed by atoms with Crippen molar-refractivity contribution in [3.8, 4) is 0 Å². The molecule has 7 nitrogen and oxygen atoms in total. The molecule has 0 saturated heterocycles. The van der Waals surface area contributed by atoms with Crippen LogP contribution in [0.1, 0.15) is 41.9 Å². The first-order chi connectivity index (χ1) is 9.04. The summed E-state index contributed by atoms with van der Waals surface area (Å²) in [6, 6.07) is 1.49. The highest BCUT2D eigenvalue weighted by atomic mass is 16.5. The maximum atomic E-state index is 12.0. The lowest BCUT2D eigenvalue weighted by Crippen LogP contribution is -2.54. The van der Waals surface area contributed by atoms with Crippen molar-refractivity contribution >= 4 is 11.9 Å². The summed E-state index contributed by atoms with van der Waals surface area (Å²) in [4.78, 5) is 22.8. The van der Waals surface area contributed by atoms with Gasteiger partial charge in [0.05, 0.1) is 12.0 Å². The number of nitrogens with one attached hydrogen (secondary N) is 1. The Balaban J connectivity index is 2.00. The summed E-state index contributed by atoms with van der Waals surface area (Å²) in [5.41, 5.74) is -0.493. The van der Waals surface area contributed by atoms with E-state index in [9.17, 15) is 9.59 Å². The number of methoxy groups -OCH3 is 1. The van der Waals surface area contributed by atoms with E-state index in [1.54, 1.807) is 0 Å². The summed E-state index contributed by atoms with van der Waals surface area (Å²) in [5.74, 6) is -0.874. The zero-order valence-corrected chi connectivity index (χ0v) is 10.6. The van der Waals surface area contributed by atoms with Gasteiger partial charge in [0.1, 0.15) is 6.61 Å². The second-order valence-electron chi connectivity index (χ2n) is 4.77. The molecule has 0 radical (unpaired) electrons. The number of aromatic nitrogens is 1. The highest BCUT2D eigenvalue weighted by Crippen LogP contribution is 2.35. The van der Waals surface area contributed by atoms with E-state index in [0.29, 0.717) is 18.6 Å². The van der Waals surface area contributed by atoms with Crippen LogP contribution in [0.5, 0.6) is 0 Å². The molecule has 19 heavy (non-hydrogen) atoms. The average molecular weight is 268 g/mol. The van der Waals surface area contributed by atoms with Gasteiger partial charge in [-0.1, -0.05) is 5.16 Å². The van der Waals surface area contributed by atoms with Gasteiger partial charge in [0.25, 0.3) is 5.91 Å². The normalized spacial score (nSPS) is 16.7. The molecule has 0 atom stereocenters. The topological polar surface area (TPSA) is 102 Å². The number of aliphatic carboxylic acids is 1. The van der Waals surface area contributed by atoms with Crippen LogP contribution in [0.25, 0.3) is 0 Å². The fraction of sp³-hybridized carbons (Fsp3) is 0.583. The van der Waals surface area contributed by atoms with E-state index in [-0.39, 0.29) is 18.7 Å². The zero-order chi connectivity index (χ0) is 13.9. The SMILES string of the molecule is COCc1cc(C(=O)NC2(CC(=O)O)CCC2)no1. The molecule has 1 aromatic rings. The third-order valence-electron chi connectivity index (χ3n) is 3.26. The first-order valence-electron chi connectivity index (χ1n) is 6.03. The summed E-state index contributed by atoms with van der Waals surface area (Å²) in [6.07, 6.45) is 2.20. The molecule has 0 unspecified atom stereocenters. The molecule has 1 saturated carbocycles. The maximum Gasteiger partial charge on any atom is 0.305 e. The van der Waals surface area contributed by atoms with Gasteiger partial charge in [0.15, 0.2) is 11.5 Å². The van der Waals surface area contributed by atoms with Crippen LogP contribution in [0.2, 0.25) is 0 Å². The third-order valence-corrected chi connectivity index (χ3v) is 3.26. The molecule has 0 aliphatic heterocycles. The van der Waals surface area contributed by atoms with Gasteiger partial charge >= 0.3 is 5.97 Å². The molecule has 7 heteroatoms. The third kappa shape index (κ3) is 3.11. The van der Waals surface area contributed by atoms with E-state index >= 15 is 0 Å². The van der Waals surface area contributed by atoms with Crippen molar-refractivity contribution in [2.75, 3.05) is 7.11 Å². The maximum absolute atomic E-state index is 12.0. The summed E-state index contributed by atoms with van der Waals surface area (Å²) in [5, 5.41) is 15.3. The first-order valence-corrected chi connectivity index (χ1v) is 6.03. The lowest BCUT2D eigenvalue weighted by Gasteiger charge is -2.41. The monoisotopic (exact) mass is 268 g/mol.